The maximum absolute atomic E-state index is 13.1. The molecule has 1 aliphatic carbocycles. The third-order valence-electron chi connectivity index (χ3n) is 5.98. The SMILES string of the molecule is C.C.CCC(CCN(C)CC1NC2=C(C=CC2)NC1C)c1ccc(F)cc1.CCCC. The number of benzene rings is 1. The molecule has 1 aromatic carbocycles. The molecule has 0 saturated heterocycles. The Balaban J connectivity index is 0.00000138. The van der Waals surface area contributed by atoms with Crippen molar-refractivity contribution in [2.75, 3.05) is 20.1 Å². The van der Waals surface area contributed by atoms with E-state index >= 15 is 0 Å². The maximum Gasteiger partial charge on any atom is 0.123 e. The molecule has 0 bridgehead atoms. The number of nitrogens with one attached hydrogen (secondary N) is 2. The van der Waals surface area contributed by atoms with Crippen molar-refractivity contribution in [3.8, 4) is 0 Å². The fourth-order valence-electron chi connectivity index (χ4n) is 3.82. The first-order valence-corrected chi connectivity index (χ1v) is 11.3. The molecule has 0 saturated carbocycles. The normalized spacial score (nSPS) is 19.8. The average molecular weight is 434 g/mol. The van der Waals surface area contributed by atoms with Gasteiger partial charge in [0.15, 0.2) is 0 Å². The summed E-state index contributed by atoms with van der Waals surface area (Å²) in [6.45, 7) is 10.9. The van der Waals surface area contributed by atoms with Gasteiger partial charge in [-0.25, -0.2) is 4.39 Å². The molecule has 1 aliphatic heterocycles. The number of hydrogen-bond acceptors (Lipinski definition) is 3. The Bertz CT molecular complexity index is 664. The summed E-state index contributed by atoms with van der Waals surface area (Å²) in [5, 5.41) is 7.32. The third kappa shape index (κ3) is 9.06. The Morgan fingerprint density at radius 3 is 2.29 bits per heavy atom. The molecule has 0 spiro atoms. The van der Waals surface area contributed by atoms with Crippen LogP contribution in [0.4, 0.5) is 4.39 Å². The molecule has 3 atom stereocenters. The summed E-state index contributed by atoms with van der Waals surface area (Å²) < 4.78 is 13.1. The van der Waals surface area contributed by atoms with Crippen LogP contribution in [0.1, 0.15) is 86.1 Å². The number of rotatable bonds is 8. The van der Waals surface area contributed by atoms with Gasteiger partial charge in [-0.2, -0.15) is 0 Å². The predicted octanol–water partition coefficient (Wildman–Crippen LogP) is 6.84. The van der Waals surface area contributed by atoms with E-state index in [1.54, 1.807) is 12.1 Å². The molecule has 3 unspecified atom stereocenters. The zero-order valence-electron chi connectivity index (χ0n) is 19.0. The molecule has 2 N–H and O–H groups in total. The molecule has 3 rings (SSSR count). The summed E-state index contributed by atoms with van der Waals surface area (Å²) in [6, 6.07) is 7.85. The maximum atomic E-state index is 13.1. The van der Waals surface area contributed by atoms with Gasteiger partial charge in [0.1, 0.15) is 5.82 Å². The first kappa shape index (κ1) is 29.2. The van der Waals surface area contributed by atoms with Gasteiger partial charge in [-0.3, -0.25) is 0 Å². The minimum atomic E-state index is -0.157. The van der Waals surface area contributed by atoms with Gasteiger partial charge >= 0.3 is 0 Å². The van der Waals surface area contributed by atoms with Crippen molar-refractivity contribution >= 4 is 0 Å². The molecule has 2 aliphatic rings. The van der Waals surface area contributed by atoms with Crippen molar-refractivity contribution in [3.63, 3.8) is 0 Å². The van der Waals surface area contributed by atoms with Crippen LogP contribution in [-0.4, -0.2) is 37.1 Å². The van der Waals surface area contributed by atoms with Crippen LogP contribution in [0.15, 0.2) is 47.8 Å². The van der Waals surface area contributed by atoms with Crippen molar-refractivity contribution in [2.45, 2.75) is 92.7 Å². The number of likely N-dealkylation sites (N-methyl/N-ethyl adjacent to an activating group) is 1. The minimum Gasteiger partial charge on any atom is -0.380 e. The Morgan fingerprint density at radius 1 is 1.06 bits per heavy atom. The number of halogens is 1. The van der Waals surface area contributed by atoms with E-state index in [4.69, 9.17) is 0 Å². The van der Waals surface area contributed by atoms with Crippen LogP contribution in [-0.2, 0) is 0 Å². The summed E-state index contributed by atoms with van der Waals surface area (Å²) in [4.78, 5) is 2.41. The zero-order chi connectivity index (χ0) is 21.2. The van der Waals surface area contributed by atoms with E-state index in [0.29, 0.717) is 18.0 Å². The first-order valence-electron chi connectivity index (χ1n) is 11.3. The van der Waals surface area contributed by atoms with E-state index in [1.807, 2.05) is 12.1 Å². The lowest BCUT2D eigenvalue weighted by atomic mass is 9.93. The fraction of sp³-hybridized carbons (Fsp3) is 0.630. The van der Waals surface area contributed by atoms with Crippen LogP contribution in [0.5, 0.6) is 0 Å². The van der Waals surface area contributed by atoms with Crippen molar-refractivity contribution in [1.29, 1.82) is 0 Å². The number of hydrogen-bond donors (Lipinski definition) is 2. The van der Waals surface area contributed by atoms with Gasteiger partial charge in [-0.15, -0.1) is 0 Å². The Labute approximate surface area is 192 Å². The monoisotopic (exact) mass is 433 g/mol. The zero-order valence-corrected chi connectivity index (χ0v) is 19.0. The van der Waals surface area contributed by atoms with Gasteiger partial charge in [0.2, 0.25) is 0 Å². The lowest BCUT2D eigenvalue weighted by Crippen LogP contribution is -2.54. The first-order chi connectivity index (χ1) is 14.0. The molecule has 1 aromatic rings. The second kappa shape index (κ2) is 15.1. The van der Waals surface area contributed by atoms with Crippen LogP contribution >= 0.6 is 0 Å². The van der Waals surface area contributed by atoms with Gasteiger partial charge in [-0.05, 0) is 63.0 Å². The highest BCUT2D eigenvalue weighted by Crippen LogP contribution is 2.24. The van der Waals surface area contributed by atoms with Crippen LogP contribution in [0, 0.1) is 5.82 Å². The largest absolute Gasteiger partial charge is 0.380 e. The molecule has 0 fully saturated rings. The molecule has 1 heterocycles. The van der Waals surface area contributed by atoms with Crippen LogP contribution < -0.4 is 10.6 Å². The number of unbranched alkanes of at least 4 members (excludes halogenated alkanes) is 1. The summed E-state index contributed by atoms with van der Waals surface area (Å²) in [7, 11) is 2.20. The highest BCUT2D eigenvalue weighted by molar-refractivity contribution is 5.34. The van der Waals surface area contributed by atoms with E-state index in [0.717, 1.165) is 32.4 Å². The number of nitrogens with zero attached hydrogens (tertiary/aromatic N) is 1. The molecule has 3 nitrogen and oxygen atoms in total. The van der Waals surface area contributed by atoms with Crippen LogP contribution in [0.2, 0.25) is 0 Å². The van der Waals surface area contributed by atoms with Gasteiger partial charge in [0.05, 0.1) is 11.7 Å². The standard InChI is InChI=1S/C21H30FN3.C4H10.2CH4/c1-4-16(17-8-10-18(22)11-9-17)12-13-25(3)14-21-15(2)23-19-6-5-7-20(19)24-21;1-3-4-2;;/h5-6,8-11,15-16,21,23-24H,4,7,12-14H2,1-3H3;3-4H2,1-2H3;2*1H4. The van der Waals surface area contributed by atoms with E-state index in [1.165, 1.54) is 29.8 Å². The lowest BCUT2D eigenvalue weighted by Gasteiger charge is -2.36. The highest BCUT2D eigenvalue weighted by Gasteiger charge is 2.27. The summed E-state index contributed by atoms with van der Waals surface area (Å²) in [6.07, 6.45) is 10.2. The van der Waals surface area contributed by atoms with Gasteiger partial charge < -0.3 is 15.5 Å². The second-order valence-electron chi connectivity index (χ2n) is 8.39. The number of allylic oxidation sites excluding steroid dienone is 2. The molecule has 4 heteroatoms. The molecule has 178 valence electrons. The Hall–Kier alpha value is -1.81. The Morgan fingerprint density at radius 2 is 1.71 bits per heavy atom. The minimum absolute atomic E-state index is 0. The molecular formula is C27H48FN3. The van der Waals surface area contributed by atoms with Crippen LogP contribution in [0.25, 0.3) is 0 Å². The van der Waals surface area contributed by atoms with E-state index < -0.39 is 0 Å². The smallest absolute Gasteiger partial charge is 0.123 e. The van der Waals surface area contributed by atoms with E-state index in [2.05, 4.69) is 62.4 Å². The van der Waals surface area contributed by atoms with Gasteiger partial charge in [0.25, 0.3) is 0 Å². The van der Waals surface area contributed by atoms with Gasteiger partial charge in [-0.1, -0.05) is 66.7 Å². The van der Waals surface area contributed by atoms with Crippen molar-refractivity contribution < 1.29 is 4.39 Å². The highest BCUT2D eigenvalue weighted by atomic mass is 19.1. The summed E-state index contributed by atoms with van der Waals surface area (Å²) in [5.74, 6) is 0.335. The van der Waals surface area contributed by atoms with Crippen molar-refractivity contribution in [1.82, 2.24) is 15.5 Å². The van der Waals surface area contributed by atoms with Gasteiger partial charge in [0, 0.05) is 24.7 Å². The predicted molar refractivity (Wildman–Crippen MR) is 136 cm³/mol. The molecule has 0 amide bonds. The molecule has 0 radical (unpaired) electrons. The van der Waals surface area contributed by atoms with E-state index in [-0.39, 0.29) is 20.7 Å². The Kier molecular flexibility index (Phi) is 14.2. The van der Waals surface area contributed by atoms with Crippen molar-refractivity contribution in [3.05, 3.63) is 59.2 Å². The lowest BCUT2D eigenvalue weighted by molar-refractivity contribution is 0.254. The quantitative estimate of drug-likeness (QED) is 0.470. The van der Waals surface area contributed by atoms with Crippen molar-refractivity contribution in [2.24, 2.45) is 0 Å². The van der Waals surface area contributed by atoms with Crippen LogP contribution in [0.3, 0.4) is 0 Å². The molecule has 0 aromatic heterocycles. The van der Waals surface area contributed by atoms with E-state index in [9.17, 15) is 4.39 Å². The second-order valence-corrected chi connectivity index (χ2v) is 8.39. The summed E-state index contributed by atoms with van der Waals surface area (Å²) >= 11 is 0. The molecule has 31 heavy (non-hydrogen) atoms. The summed E-state index contributed by atoms with van der Waals surface area (Å²) in [5.41, 5.74) is 3.83. The third-order valence-corrected chi connectivity index (χ3v) is 5.98. The topological polar surface area (TPSA) is 27.3 Å². The fourth-order valence-corrected chi connectivity index (χ4v) is 3.82. The average Bonchev–Trinajstić information content (AvgIpc) is 3.17. The molecular weight excluding hydrogens is 385 g/mol.